The van der Waals surface area contributed by atoms with Crippen molar-refractivity contribution in [3.63, 3.8) is 0 Å². The number of nitrogens with zero attached hydrogens (tertiary/aromatic N) is 1. The topological polar surface area (TPSA) is 109 Å². The Balaban J connectivity index is 1.51. The number of nitrogens with one attached hydrogen (secondary N) is 3. The molecule has 0 saturated carbocycles. The van der Waals surface area contributed by atoms with Gasteiger partial charge in [-0.1, -0.05) is 18.2 Å². The molecule has 0 unspecified atom stereocenters. The van der Waals surface area contributed by atoms with E-state index < -0.39 is 11.8 Å². The first-order chi connectivity index (χ1) is 16.3. The standard InChI is InChI=1S/C25H23FN4O4/c1-16(18-7-13-22(14-8-18)34-15-19-5-3-4-6-23(19)26)29-30-25(33)24(32)28-21-11-9-20(10-12-21)27-17(2)31/h3-14H,15H2,1-2H3,(H,27,31)(H,28,32)(H,30,33)/b29-16+. The van der Waals surface area contributed by atoms with Crippen molar-refractivity contribution in [3.05, 3.63) is 89.7 Å². The molecule has 3 amide bonds. The molecule has 9 heteroatoms. The lowest BCUT2D eigenvalue weighted by Crippen LogP contribution is -2.32. The number of ether oxygens (including phenoxy) is 1. The van der Waals surface area contributed by atoms with E-state index in [1.165, 1.54) is 13.0 Å². The molecule has 0 spiro atoms. The summed E-state index contributed by atoms with van der Waals surface area (Å²) in [5, 5.41) is 9.01. The number of hydrogen-bond acceptors (Lipinski definition) is 5. The first-order valence-corrected chi connectivity index (χ1v) is 10.3. The minimum Gasteiger partial charge on any atom is -0.489 e. The zero-order chi connectivity index (χ0) is 24.5. The normalized spacial score (nSPS) is 10.9. The predicted octanol–water partition coefficient (Wildman–Crippen LogP) is 3.84. The van der Waals surface area contributed by atoms with Crippen molar-refractivity contribution in [1.82, 2.24) is 5.43 Å². The number of carbonyl (C=O) groups is 3. The number of anilines is 2. The Labute approximate surface area is 195 Å². The summed E-state index contributed by atoms with van der Waals surface area (Å²) in [4.78, 5) is 35.2. The van der Waals surface area contributed by atoms with Gasteiger partial charge in [0.15, 0.2) is 0 Å². The quantitative estimate of drug-likeness (QED) is 0.282. The molecule has 174 valence electrons. The van der Waals surface area contributed by atoms with Crippen LogP contribution in [0.2, 0.25) is 0 Å². The fraction of sp³-hybridized carbons (Fsp3) is 0.120. The molecule has 0 atom stereocenters. The average molecular weight is 462 g/mol. The van der Waals surface area contributed by atoms with Gasteiger partial charge in [-0.15, -0.1) is 0 Å². The number of amides is 3. The SMILES string of the molecule is CC(=O)Nc1ccc(NC(=O)C(=O)N/N=C(\C)c2ccc(OCc3ccccc3F)cc2)cc1. The van der Waals surface area contributed by atoms with E-state index in [0.29, 0.717) is 34.0 Å². The van der Waals surface area contributed by atoms with Crippen molar-refractivity contribution < 1.29 is 23.5 Å². The van der Waals surface area contributed by atoms with Gasteiger partial charge in [-0.25, -0.2) is 9.82 Å². The Kier molecular flexibility index (Phi) is 8.07. The van der Waals surface area contributed by atoms with Crippen LogP contribution in [-0.4, -0.2) is 23.4 Å². The van der Waals surface area contributed by atoms with Gasteiger partial charge in [0.2, 0.25) is 5.91 Å². The van der Waals surface area contributed by atoms with Crippen molar-refractivity contribution in [2.75, 3.05) is 10.6 Å². The van der Waals surface area contributed by atoms with Crippen molar-refractivity contribution in [1.29, 1.82) is 0 Å². The van der Waals surface area contributed by atoms with Crippen LogP contribution >= 0.6 is 0 Å². The van der Waals surface area contributed by atoms with E-state index in [9.17, 15) is 18.8 Å². The minimum atomic E-state index is -0.935. The summed E-state index contributed by atoms with van der Waals surface area (Å²) in [6, 6.07) is 19.6. The molecular weight excluding hydrogens is 439 g/mol. The maximum absolute atomic E-state index is 13.7. The fourth-order valence-corrected chi connectivity index (χ4v) is 2.85. The molecule has 0 radical (unpaired) electrons. The Morgan fingerprint density at radius 1 is 0.824 bits per heavy atom. The molecule has 0 aliphatic heterocycles. The molecule has 0 aliphatic rings. The summed E-state index contributed by atoms with van der Waals surface area (Å²) in [5.41, 5.74) is 4.80. The third-order valence-electron chi connectivity index (χ3n) is 4.62. The van der Waals surface area contributed by atoms with E-state index in [0.717, 1.165) is 0 Å². The van der Waals surface area contributed by atoms with Gasteiger partial charge in [0.05, 0.1) is 5.71 Å². The van der Waals surface area contributed by atoms with Gasteiger partial charge < -0.3 is 15.4 Å². The fourth-order valence-electron chi connectivity index (χ4n) is 2.85. The van der Waals surface area contributed by atoms with E-state index in [1.54, 1.807) is 73.7 Å². The summed E-state index contributed by atoms with van der Waals surface area (Å²) in [5.74, 6) is -1.82. The molecule has 0 aliphatic carbocycles. The highest BCUT2D eigenvalue weighted by atomic mass is 19.1. The number of benzene rings is 3. The molecule has 0 saturated heterocycles. The minimum absolute atomic E-state index is 0.0974. The lowest BCUT2D eigenvalue weighted by Gasteiger charge is -2.08. The maximum atomic E-state index is 13.7. The van der Waals surface area contributed by atoms with Crippen LogP contribution in [0.25, 0.3) is 0 Å². The van der Waals surface area contributed by atoms with Gasteiger partial charge in [-0.2, -0.15) is 5.10 Å². The number of hydrogen-bond donors (Lipinski definition) is 3. The number of carbonyl (C=O) groups excluding carboxylic acids is 3. The van der Waals surface area contributed by atoms with Crippen LogP contribution in [0.5, 0.6) is 5.75 Å². The van der Waals surface area contributed by atoms with Gasteiger partial charge in [0.1, 0.15) is 18.2 Å². The second-order valence-corrected chi connectivity index (χ2v) is 7.26. The largest absolute Gasteiger partial charge is 0.489 e. The number of halogens is 1. The maximum Gasteiger partial charge on any atom is 0.329 e. The summed E-state index contributed by atoms with van der Waals surface area (Å²) in [6.45, 7) is 3.16. The molecule has 34 heavy (non-hydrogen) atoms. The Morgan fingerprint density at radius 2 is 1.44 bits per heavy atom. The van der Waals surface area contributed by atoms with Crippen molar-refractivity contribution in [3.8, 4) is 5.75 Å². The highest BCUT2D eigenvalue weighted by Gasteiger charge is 2.13. The predicted molar refractivity (Wildman–Crippen MR) is 127 cm³/mol. The van der Waals surface area contributed by atoms with Crippen molar-refractivity contribution in [2.45, 2.75) is 20.5 Å². The van der Waals surface area contributed by atoms with Gasteiger partial charge in [-0.3, -0.25) is 14.4 Å². The van der Waals surface area contributed by atoms with Gasteiger partial charge >= 0.3 is 11.8 Å². The number of rotatable bonds is 7. The first-order valence-electron chi connectivity index (χ1n) is 10.3. The molecule has 3 rings (SSSR count). The van der Waals surface area contributed by atoms with E-state index in [2.05, 4.69) is 21.2 Å². The molecule has 0 bridgehead atoms. The molecular formula is C25H23FN4O4. The second-order valence-electron chi connectivity index (χ2n) is 7.26. The lowest BCUT2D eigenvalue weighted by atomic mass is 10.1. The van der Waals surface area contributed by atoms with Crippen LogP contribution in [-0.2, 0) is 21.0 Å². The van der Waals surface area contributed by atoms with Crippen molar-refractivity contribution >= 4 is 34.8 Å². The Morgan fingerprint density at radius 3 is 2.06 bits per heavy atom. The average Bonchev–Trinajstić information content (AvgIpc) is 2.83. The van der Waals surface area contributed by atoms with Gasteiger partial charge in [0.25, 0.3) is 0 Å². The lowest BCUT2D eigenvalue weighted by molar-refractivity contribution is -0.136. The monoisotopic (exact) mass is 462 g/mol. The molecule has 3 aromatic carbocycles. The van der Waals surface area contributed by atoms with Crippen LogP contribution < -0.4 is 20.8 Å². The Hall–Kier alpha value is -4.53. The molecule has 8 nitrogen and oxygen atoms in total. The summed E-state index contributed by atoms with van der Waals surface area (Å²) in [6.07, 6.45) is 0. The Bertz CT molecular complexity index is 1210. The summed E-state index contributed by atoms with van der Waals surface area (Å²) in [7, 11) is 0. The van der Waals surface area contributed by atoms with Gasteiger partial charge in [0, 0.05) is 23.9 Å². The zero-order valence-corrected chi connectivity index (χ0v) is 18.6. The van der Waals surface area contributed by atoms with E-state index in [4.69, 9.17) is 4.74 Å². The first kappa shape index (κ1) is 24.1. The third-order valence-corrected chi connectivity index (χ3v) is 4.62. The van der Waals surface area contributed by atoms with E-state index in [1.807, 2.05) is 0 Å². The van der Waals surface area contributed by atoms with E-state index >= 15 is 0 Å². The van der Waals surface area contributed by atoms with Crippen LogP contribution in [0.4, 0.5) is 15.8 Å². The summed E-state index contributed by atoms with van der Waals surface area (Å²) < 4.78 is 19.3. The van der Waals surface area contributed by atoms with Crippen LogP contribution in [0.15, 0.2) is 77.9 Å². The van der Waals surface area contributed by atoms with E-state index in [-0.39, 0.29) is 18.3 Å². The second kappa shape index (κ2) is 11.4. The smallest absolute Gasteiger partial charge is 0.329 e. The molecule has 0 fully saturated rings. The molecule has 0 heterocycles. The number of hydrazone groups is 1. The van der Waals surface area contributed by atoms with Crippen LogP contribution in [0.1, 0.15) is 25.0 Å². The molecule has 0 aromatic heterocycles. The molecule has 3 N–H and O–H groups in total. The zero-order valence-electron chi connectivity index (χ0n) is 18.6. The van der Waals surface area contributed by atoms with Crippen LogP contribution in [0.3, 0.4) is 0 Å². The highest BCUT2D eigenvalue weighted by molar-refractivity contribution is 6.39. The molecule has 3 aromatic rings. The highest BCUT2D eigenvalue weighted by Crippen LogP contribution is 2.16. The summed E-state index contributed by atoms with van der Waals surface area (Å²) >= 11 is 0. The van der Waals surface area contributed by atoms with Crippen LogP contribution in [0, 0.1) is 5.82 Å². The third kappa shape index (κ3) is 6.99. The van der Waals surface area contributed by atoms with Gasteiger partial charge in [-0.05, 0) is 67.1 Å². The van der Waals surface area contributed by atoms with Crippen molar-refractivity contribution in [2.24, 2.45) is 5.10 Å².